The van der Waals surface area contributed by atoms with E-state index in [1.54, 1.807) is 12.1 Å². The summed E-state index contributed by atoms with van der Waals surface area (Å²) in [5, 5.41) is 14.0. The van der Waals surface area contributed by atoms with Crippen molar-refractivity contribution in [3.8, 4) is 0 Å². The minimum Gasteiger partial charge on any atom is -0.369 e. The Balaban J connectivity index is 2.05. The maximum absolute atomic E-state index is 12.2. The van der Waals surface area contributed by atoms with Gasteiger partial charge < -0.3 is 10.6 Å². The minimum atomic E-state index is -0.207. The molecule has 2 rings (SSSR count). The Labute approximate surface area is 124 Å². The standard InChI is InChI=1S/C16H20N4O/c1-3-13(12-8-6-5-7-9-12)18-16(21)14-10-11-15(17-4-2)20-19-14/h5-11,13H,3-4H2,1-2H3,(H,17,20)(H,18,21). The summed E-state index contributed by atoms with van der Waals surface area (Å²) >= 11 is 0. The second kappa shape index (κ2) is 7.38. The quantitative estimate of drug-likeness (QED) is 0.856. The summed E-state index contributed by atoms with van der Waals surface area (Å²) in [5.41, 5.74) is 1.41. The van der Waals surface area contributed by atoms with Gasteiger partial charge in [0.2, 0.25) is 0 Å². The van der Waals surface area contributed by atoms with E-state index in [2.05, 4.69) is 20.8 Å². The van der Waals surface area contributed by atoms with Crippen molar-refractivity contribution in [2.75, 3.05) is 11.9 Å². The lowest BCUT2D eigenvalue weighted by molar-refractivity contribution is 0.0929. The molecule has 2 aromatic rings. The predicted molar refractivity (Wildman–Crippen MR) is 83.1 cm³/mol. The molecular weight excluding hydrogens is 264 g/mol. The highest BCUT2D eigenvalue weighted by Crippen LogP contribution is 2.16. The summed E-state index contributed by atoms with van der Waals surface area (Å²) in [5.74, 6) is 0.463. The van der Waals surface area contributed by atoms with Crippen LogP contribution in [0, 0.1) is 0 Å². The molecule has 1 amide bonds. The topological polar surface area (TPSA) is 66.9 Å². The summed E-state index contributed by atoms with van der Waals surface area (Å²) in [6, 6.07) is 13.3. The van der Waals surface area contributed by atoms with E-state index in [1.807, 2.05) is 44.2 Å². The van der Waals surface area contributed by atoms with Crippen LogP contribution in [0.15, 0.2) is 42.5 Å². The Morgan fingerprint density at radius 3 is 2.43 bits per heavy atom. The molecule has 0 saturated heterocycles. The number of anilines is 1. The summed E-state index contributed by atoms with van der Waals surface area (Å²) in [7, 11) is 0. The van der Waals surface area contributed by atoms with Crippen molar-refractivity contribution in [2.24, 2.45) is 0 Å². The highest BCUT2D eigenvalue weighted by atomic mass is 16.2. The maximum Gasteiger partial charge on any atom is 0.272 e. The SMILES string of the molecule is CCNc1ccc(C(=O)NC(CC)c2ccccc2)nn1. The molecule has 0 fully saturated rings. The third kappa shape index (κ3) is 4.02. The molecule has 1 atom stereocenters. The molecule has 1 heterocycles. The van der Waals surface area contributed by atoms with Gasteiger partial charge in [-0.3, -0.25) is 4.79 Å². The molecule has 1 unspecified atom stereocenters. The monoisotopic (exact) mass is 284 g/mol. The van der Waals surface area contributed by atoms with Crippen LogP contribution in [0.25, 0.3) is 0 Å². The average Bonchev–Trinajstić information content (AvgIpc) is 2.54. The van der Waals surface area contributed by atoms with Gasteiger partial charge in [-0.2, -0.15) is 0 Å². The highest BCUT2D eigenvalue weighted by molar-refractivity contribution is 5.92. The number of carbonyl (C=O) groups is 1. The van der Waals surface area contributed by atoms with Gasteiger partial charge in [0, 0.05) is 6.54 Å². The van der Waals surface area contributed by atoms with Crippen molar-refractivity contribution in [3.05, 3.63) is 53.7 Å². The number of nitrogens with one attached hydrogen (secondary N) is 2. The number of hydrogen-bond acceptors (Lipinski definition) is 4. The third-order valence-corrected chi connectivity index (χ3v) is 3.17. The Kier molecular flexibility index (Phi) is 5.26. The summed E-state index contributed by atoms with van der Waals surface area (Å²) in [4.78, 5) is 12.2. The molecular formula is C16H20N4O. The largest absolute Gasteiger partial charge is 0.369 e. The fourth-order valence-electron chi connectivity index (χ4n) is 2.07. The molecule has 2 N–H and O–H groups in total. The molecule has 1 aromatic carbocycles. The van der Waals surface area contributed by atoms with E-state index in [0.29, 0.717) is 11.5 Å². The minimum absolute atomic E-state index is 0.0195. The van der Waals surface area contributed by atoms with E-state index in [4.69, 9.17) is 0 Å². The van der Waals surface area contributed by atoms with Gasteiger partial charge >= 0.3 is 0 Å². The van der Waals surface area contributed by atoms with Gasteiger partial charge in [0.05, 0.1) is 6.04 Å². The molecule has 5 heteroatoms. The van der Waals surface area contributed by atoms with Crippen LogP contribution in [0.1, 0.15) is 42.4 Å². The Morgan fingerprint density at radius 2 is 1.86 bits per heavy atom. The van der Waals surface area contributed by atoms with Crippen molar-refractivity contribution in [2.45, 2.75) is 26.3 Å². The van der Waals surface area contributed by atoms with Crippen LogP contribution in [0.3, 0.4) is 0 Å². The van der Waals surface area contributed by atoms with Gasteiger partial charge in [-0.1, -0.05) is 37.3 Å². The van der Waals surface area contributed by atoms with Gasteiger partial charge in [0.15, 0.2) is 5.69 Å². The van der Waals surface area contributed by atoms with Gasteiger partial charge in [-0.15, -0.1) is 10.2 Å². The van der Waals surface area contributed by atoms with Crippen molar-refractivity contribution in [1.29, 1.82) is 0 Å². The lowest BCUT2D eigenvalue weighted by Gasteiger charge is -2.17. The van der Waals surface area contributed by atoms with Crippen molar-refractivity contribution < 1.29 is 4.79 Å². The number of hydrogen-bond donors (Lipinski definition) is 2. The molecule has 110 valence electrons. The molecule has 0 spiro atoms. The number of benzene rings is 1. The summed E-state index contributed by atoms with van der Waals surface area (Å²) in [6.07, 6.45) is 0.818. The van der Waals surface area contributed by atoms with Crippen molar-refractivity contribution in [3.63, 3.8) is 0 Å². The fraction of sp³-hybridized carbons (Fsp3) is 0.312. The second-order valence-electron chi connectivity index (χ2n) is 4.68. The number of nitrogens with zero attached hydrogens (tertiary/aromatic N) is 2. The average molecular weight is 284 g/mol. The first-order valence-corrected chi connectivity index (χ1v) is 7.18. The van der Waals surface area contributed by atoms with E-state index >= 15 is 0 Å². The number of amides is 1. The van der Waals surface area contributed by atoms with Crippen LogP contribution in [0.5, 0.6) is 0 Å². The fourth-order valence-corrected chi connectivity index (χ4v) is 2.07. The van der Waals surface area contributed by atoms with E-state index < -0.39 is 0 Å². The molecule has 0 saturated carbocycles. The van der Waals surface area contributed by atoms with Crippen LogP contribution >= 0.6 is 0 Å². The van der Waals surface area contributed by atoms with Gasteiger partial charge in [-0.05, 0) is 31.0 Å². The Hall–Kier alpha value is -2.43. The van der Waals surface area contributed by atoms with E-state index in [1.165, 1.54) is 0 Å². The zero-order valence-corrected chi connectivity index (χ0v) is 12.3. The normalized spacial score (nSPS) is 11.7. The van der Waals surface area contributed by atoms with E-state index in [0.717, 1.165) is 18.5 Å². The Morgan fingerprint density at radius 1 is 1.10 bits per heavy atom. The van der Waals surface area contributed by atoms with Crippen molar-refractivity contribution in [1.82, 2.24) is 15.5 Å². The first kappa shape index (κ1) is 15.0. The molecule has 5 nitrogen and oxygen atoms in total. The first-order valence-electron chi connectivity index (χ1n) is 7.18. The van der Waals surface area contributed by atoms with Crippen LogP contribution in [0.2, 0.25) is 0 Å². The third-order valence-electron chi connectivity index (χ3n) is 3.17. The number of carbonyl (C=O) groups excluding carboxylic acids is 1. The molecule has 1 aromatic heterocycles. The predicted octanol–water partition coefficient (Wildman–Crippen LogP) is 2.79. The van der Waals surface area contributed by atoms with Gasteiger partial charge in [-0.25, -0.2) is 0 Å². The zero-order valence-electron chi connectivity index (χ0n) is 12.3. The van der Waals surface area contributed by atoms with Crippen LogP contribution < -0.4 is 10.6 Å². The molecule has 21 heavy (non-hydrogen) atoms. The zero-order chi connectivity index (χ0) is 15.1. The molecule has 0 aliphatic carbocycles. The Bertz CT molecular complexity index is 569. The van der Waals surface area contributed by atoms with Gasteiger partial charge in [0.1, 0.15) is 5.82 Å². The number of rotatable bonds is 6. The molecule has 0 aliphatic rings. The van der Waals surface area contributed by atoms with Gasteiger partial charge in [0.25, 0.3) is 5.91 Å². The molecule has 0 bridgehead atoms. The summed E-state index contributed by atoms with van der Waals surface area (Å²) in [6.45, 7) is 4.79. The second-order valence-corrected chi connectivity index (χ2v) is 4.68. The van der Waals surface area contributed by atoms with E-state index in [9.17, 15) is 4.79 Å². The lowest BCUT2D eigenvalue weighted by atomic mass is 10.0. The highest BCUT2D eigenvalue weighted by Gasteiger charge is 2.15. The maximum atomic E-state index is 12.2. The van der Waals surface area contributed by atoms with Crippen LogP contribution in [-0.2, 0) is 0 Å². The van der Waals surface area contributed by atoms with E-state index in [-0.39, 0.29) is 11.9 Å². The molecule has 0 radical (unpaired) electrons. The van der Waals surface area contributed by atoms with Crippen LogP contribution in [0.4, 0.5) is 5.82 Å². The van der Waals surface area contributed by atoms with Crippen molar-refractivity contribution >= 4 is 11.7 Å². The smallest absolute Gasteiger partial charge is 0.272 e. The van der Waals surface area contributed by atoms with Crippen LogP contribution in [-0.4, -0.2) is 22.6 Å². The first-order chi connectivity index (χ1) is 10.2. The summed E-state index contributed by atoms with van der Waals surface area (Å²) < 4.78 is 0. The number of aromatic nitrogens is 2. The molecule has 0 aliphatic heterocycles. The lowest BCUT2D eigenvalue weighted by Crippen LogP contribution is -2.29.